The third-order valence-electron chi connectivity index (χ3n) is 7.42. The van der Waals surface area contributed by atoms with Gasteiger partial charge in [-0.1, -0.05) is 54.7 Å². The molecular formula is C22H28O2SSi. The Labute approximate surface area is 158 Å². The maximum atomic E-state index is 13.7. The average molecular weight is 385 g/mol. The Hall–Kier alpha value is -1.13. The van der Waals surface area contributed by atoms with Gasteiger partial charge in [0, 0.05) is 4.91 Å². The topological polar surface area (TPSA) is 34.1 Å². The maximum Gasteiger partial charge on any atom is 0.202 e. The van der Waals surface area contributed by atoms with E-state index in [9.17, 15) is 8.42 Å². The van der Waals surface area contributed by atoms with Gasteiger partial charge in [0.1, 0.15) is 0 Å². The van der Waals surface area contributed by atoms with Crippen LogP contribution in [0.1, 0.15) is 18.4 Å². The molecule has 6 atom stereocenters. The van der Waals surface area contributed by atoms with Crippen LogP contribution in [0.3, 0.4) is 0 Å². The molecule has 138 valence electrons. The summed E-state index contributed by atoms with van der Waals surface area (Å²) in [6, 6.07) is 7.48. The molecule has 0 aliphatic heterocycles. The molecule has 5 rings (SSSR count). The Balaban J connectivity index is 1.68. The summed E-state index contributed by atoms with van der Waals surface area (Å²) < 4.78 is 27.5. The van der Waals surface area contributed by atoms with E-state index in [1.165, 1.54) is 11.6 Å². The molecule has 0 saturated heterocycles. The monoisotopic (exact) mass is 384 g/mol. The summed E-state index contributed by atoms with van der Waals surface area (Å²) in [4.78, 5) is 1.35. The SMILES string of the molecule is Cc1ccc(S(=O)(=O)C2=C([Si](C)(C)C)[C@H]3C[C@H]2[C@@H]2[C@@H]3[C@H]3C=C[C@H]2C3)cc1. The van der Waals surface area contributed by atoms with E-state index in [0.717, 1.165) is 16.9 Å². The van der Waals surface area contributed by atoms with Crippen LogP contribution < -0.4 is 0 Å². The van der Waals surface area contributed by atoms with Gasteiger partial charge in [0.25, 0.3) is 0 Å². The first kappa shape index (κ1) is 17.0. The molecule has 0 radical (unpaired) electrons. The largest absolute Gasteiger partial charge is 0.219 e. The molecule has 4 aliphatic carbocycles. The number of allylic oxidation sites excluding steroid dienone is 4. The van der Waals surface area contributed by atoms with Gasteiger partial charge in [-0.2, -0.15) is 0 Å². The van der Waals surface area contributed by atoms with Gasteiger partial charge in [0.15, 0.2) is 0 Å². The lowest BCUT2D eigenvalue weighted by Gasteiger charge is -2.38. The molecule has 4 bridgehead atoms. The zero-order valence-electron chi connectivity index (χ0n) is 16.1. The molecule has 0 heterocycles. The number of hydrogen-bond acceptors (Lipinski definition) is 2. The third kappa shape index (κ3) is 2.12. The van der Waals surface area contributed by atoms with Crippen molar-refractivity contribution >= 4 is 17.9 Å². The lowest BCUT2D eigenvalue weighted by molar-refractivity contribution is 0.282. The number of benzene rings is 1. The second kappa shape index (κ2) is 5.23. The summed E-state index contributed by atoms with van der Waals surface area (Å²) in [6.07, 6.45) is 7.17. The van der Waals surface area contributed by atoms with E-state index in [1.807, 2.05) is 31.2 Å². The standard InChI is InChI=1S/C22H28O2SSi/c1-13-5-9-16(10-6-13)25(23,24)21-17-12-18(22(21)26(2,3)4)20-15-8-7-14(11-15)19(17)20/h5-10,14-15,17-20H,11-12H2,1-4H3/t14-,15-,17-,18-,19+,20+/m0/s1. The molecule has 0 spiro atoms. The van der Waals surface area contributed by atoms with Gasteiger partial charge in [-0.3, -0.25) is 0 Å². The Morgan fingerprint density at radius 1 is 0.885 bits per heavy atom. The van der Waals surface area contributed by atoms with Crippen LogP contribution in [0.4, 0.5) is 0 Å². The summed E-state index contributed by atoms with van der Waals surface area (Å²) in [5, 5.41) is 1.38. The highest BCUT2D eigenvalue weighted by atomic mass is 32.2. The highest BCUT2D eigenvalue weighted by Gasteiger charge is 2.63. The molecule has 26 heavy (non-hydrogen) atoms. The van der Waals surface area contributed by atoms with Crippen LogP contribution in [-0.4, -0.2) is 16.5 Å². The number of sulfone groups is 1. The Morgan fingerprint density at radius 3 is 2.04 bits per heavy atom. The minimum absolute atomic E-state index is 0.262. The van der Waals surface area contributed by atoms with E-state index in [1.54, 1.807) is 0 Å². The molecule has 0 amide bonds. The van der Waals surface area contributed by atoms with Crippen molar-refractivity contribution in [3.05, 3.63) is 52.1 Å². The molecule has 2 saturated carbocycles. The van der Waals surface area contributed by atoms with Crippen molar-refractivity contribution in [3.63, 3.8) is 0 Å². The molecule has 0 unspecified atom stereocenters. The van der Waals surface area contributed by atoms with Crippen LogP contribution in [0, 0.1) is 42.4 Å². The molecule has 4 aliphatic rings. The smallest absolute Gasteiger partial charge is 0.202 e. The van der Waals surface area contributed by atoms with Crippen LogP contribution in [0.15, 0.2) is 51.4 Å². The van der Waals surface area contributed by atoms with Crippen LogP contribution in [0.5, 0.6) is 0 Å². The summed E-state index contributed by atoms with van der Waals surface area (Å²) >= 11 is 0. The Kier molecular flexibility index (Phi) is 3.42. The Bertz CT molecular complexity index is 933. The fraction of sp³-hybridized carbons (Fsp3) is 0.545. The van der Waals surface area contributed by atoms with Gasteiger partial charge < -0.3 is 0 Å². The third-order valence-corrected chi connectivity index (χ3v) is 11.9. The van der Waals surface area contributed by atoms with Crippen molar-refractivity contribution in [2.24, 2.45) is 35.5 Å². The second-order valence-electron chi connectivity index (χ2n) is 9.90. The van der Waals surface area contributed by atoms with Crippen molar-refractivity contribution in [3.8, 4) is 0 Å². The summed E-state index contributed by atoms with van der Waals surface area (Å²) in [7, 11) is -5.09. The van der Waals surface area contributed by atoms with Gasteiger partial charge >= 0.3 is 0 Å². The van der Waals surface area contributed by atoms with E-state index in [4.69, 9.17) is 0 Å². The van der Waals surface area contributed by atoms with E-state index in [0.29, 0.717) is 34.5 Å². The zero-order chi connectivity index (χ0) is 18.4. The highest BCUT2D eigenvalue weighted by Crippen LogP contribution is 2.68. The predicted octanol–water partition coefficient (Wildman–Crippen LogP) is 4.99. The maximum absolute atomic E-state index is 13.7. The molecular weight excluding hydrogens is 356 g/mol. The lowest BCUT2D eigenvalue weighted by atomic mass is 9.76. The second-order valence-corrected chi connectivity index (χ2v) is 16.9. The fourth-order valence-corrected chi connectivity index (χ4v) is 12.2. The quantitative estimate of drug-likeness (QED) is 0.418. The molecule has 0 aromatic heterocycles. The fourth-order valence-electron chi connectivity index (χ4n) is 6.71. The first-order chi connectivity index (χ1) is 12.2. The molecule has 0 N–H and O–H groups in total. The van der Waals surface area contributed by atoms with Gasteiger partial charge in [0.2, 0.25) is 9.84 Å². The van der Waals surface area contributed by atoms with Crippen molar-refractivity contribution in [2.75, 3.05) is 0 Å². The van der Waals surface area contributed by atoms with E-state index >= 15 is 0 Å². The zero-order valence-corrected chi connectivity index (χ0v) is 17.9. The molecule has 4 heteroatoms. The van der Waals surface area contributed by atoms with E-state index in [-0.39, 0.29) is 5.92 Å². The molecule has 2 nitrogen and oxygen atoms in total. The van der Waals surface area contributed by atoms with Crippen LogP contribution in [-0.2, 0) is 9.84 Å². The summed E-state index contributed by atoms with van der Waals surface area (Å²) in [5.74, 6) is 3.39. The molecule has 2 fully saturated rings. The Morgan fingerprint density at radius 2 is 1.46 bits per heavy atom. The normalized spacial score (nSPS) is 37.7. The predicted molar refractivity (Wildman–Crippen MR) is 108 cm³/mol. The first-order valence-electron chi connectivity index (χ1n) is 9.94. The number of aryl methyl sites for hydroxylation is 1. The average Bonchev–Trinajstić information content (AvgIpc) is 3.31. The molecule has 1 aromatic rings. The van der Waals surface area contributed by atoms with E-state index < -0.39 is 17.9 Å². The van der Waals surface area contributed by atoms with Crippen LogP contribution >= 0.6 is 0 Å². The van der Waals surface area contributed by atoms with Crippen molar-refractivity contribution in [1.29, 1.82) is 0 Å². The van der Waals surface area contributed by atoms with Crippen LogP contribution in [0.2, 0.25) is 19.6 Å². The highest BCUT2D eigenvalue weighted by molar-refractivity contribution is 7.95. The number of hydrogen-bond donors (Lipinski definition) is 0. The van der Waals surface area contributed by atoms with Gasteiger partial charge in [0.05, 0.1) is 13.0 Å². The van der Waals surface area contributed by atoms with E-state index in [2.05, 4.69) is 31.8 Å². The van der Waals surface area contributed by atoms with Gasteiger partial charge in [-0.05, 0) is 67.4 Å². The first-order valence-corrected chi connectivity index (χ1v) is 14.9. The van der Waals surface area contributed by atoms with Crippen LogP contribution in [0.25, 0.3) is 0 Å². The van der Waals surface area contributed by atoms with Crippen molar-refractivity contribution in [2.45, 2.75) is 44.3 Å². The van der Waals surface area contributed by atoms with Gasteiger partial charge in [-0.15, -0.1) is 0 Å². The number of fused-ring (bicyclic) bond motifs is 9. The van der Waals surface area contributed by atoms with Crippen molar-refractivity contribution < 1.29 is 8.42 Å². The van der Waals surface area contributed by atoms with Gasteiger partial charge in [-0.25, -0.2) is 8.42 Å². The molecule has 1 aromatic carbocycles. The lowest BCUT2D eigenvalue weighted by Crippen LogP contribution is -2.38. The minimum atomic E-state index is -3.38. The minimum Gasteiger partial charge on any atom is -0.219 e. The summed E-state index contributed by atoms with van der Waals surface area (Å²) in [6.45, 7) is 9.02. The summed E-state index contributed by atoms with van der Waals surface area (Å²) in [5.41, 5.74) is 1.11. The van der Waals surface area contributed by atoms with Crippen molar-refractivity contribution in [1.82, 2.24) is 0 Å². The number of rotatable bonds is 3.